The number of halogens is 2. The number of likely N-dealkylation sites (tertiary alicyclic amines) is 2. The fourth-order valence-corrected chi connectivity index (χ4v) is 5.39. The molecule has 3 aliphatic rings. The Morgan fingerprint density at radius 1 is 1.09 bits per heavy atom. The van der Waals surface area contributed by atoms with E-state index < -0.39 is 0 Å². The van der Waals surface area contributed by atoms with E-state index in [0.29, 0.717) is 6.04 Å². The van der Waals surface area contributed by atoms with Crippen molar-refractivity contribution in [1.29, 1.82) is 0 Å². The minimum absolute atomic E-state index is 0. The van der Waals surface area contributed by atoms with Crippen molar-refractivity contribution in [3.8, 4) is 0 Å². The summed E-state index contributed by atoms with van der Waals surface area (Å²) in [5.74, 6) is 0.946. The van der Waals surface area contributed by atoms with Crippen LogP contribution < -0.4 is 10.6 Å². The standard InChI is InChI=1S/C24H38ClN5O.HI/c1-26-23(27-19-24(10-16-31-17-11-24)30-12-2-3-13-30)28-22-8-14-29(15-9-22)18-20-4-6-21(25)7-5-20;/h4-7,22H,2-3,8-19H2,1H3,(H2,26,27,28);1H. The molecule has 3 heterocycles. The van der Waals surface area contributed by atoms with Gasteiger partial charge in [-0.15, -0.1) is 24.0 Å². The molecule has 0 aromatic heterocycles. The lowest BCUT2D eigenvalue weighted by molar-refractivity contribution is -0.0164. The Morgan fingerprint density at radius 2 is 1.75 bits per heavy atom. The van der Waals surface area contributed by atoms with Crippen LogP contribution >= 0.6 is 35.6 Å². The molecular weight excluding hydrogens is 537 g/mol. The highest BCUT2D eigenvalue weighted by Crippen LogP contribution is 2.30. The SMILES string of the molecule is CN=C(NCC1(N2CCCC2)CCOCC1)NC1CCN(Cc2ccc(Cl)cc2)CC1.I. The Labute approximate surface area is 215 Å². The highest BCUT2D eigenvalue weighted by atomic mass is 127. The van der Waals surface area contributed by atoms with Gasteiger partial charge in [-0.2, -0.15) is 0 Å². The van der Waals surface area contributed by atoms with E-state index in [4.69, 9.17) is 16.3 Å². The topological polar surface area (TPSA) is 52.1 Å². The predicted octanol–water partition coefficient (Wildman–Crippen LogP) is 3.73. The third-order valence-corrected chi connectivity index (χ3v) is 7.51. The van der Waals surface area contributed by atoms with Crippen LogP contribution in [0.25, 0.3) is 0 Å². The highest BCUT2D eigenvalue weighted by Gasteiger charge is 2.39. The van der Waals surface area contributed by atoms with Crippen molar-refractivity contribution in [2.45, 2.75) is 56.7 Å². The molecule has 180 valence electrons. The largest absolute Gasteiger partial charge is 0.381 e. The van der Waals surface area contributed by atoms with Gasteiger partial charge in [0.2, 0.25) is 0 Å². The van der Waals surface area contributed by atoms with Gasteiger partial charge in [-0.3, -0.25) is 14.8 Å². The molecule has 0 amide bonds. The van der Waals surface area contributed by atoms with Crippen molar-refractivity contribution >= 4 is 41.5 Å². The molecule has 1 aromatic rings. The number of hydrogen-bond donors (Lipinski definition) is 2. The van der Waals surface area contributed by atoms with E-state index in [0.717, 1.165) is 76.1 Å². The summed E-state index contributed by atoms with van der Waals surface area (Å²) in [5, 5.41) is 8.17. The molecule has 2 N–H and O–H groups in total. The molecule has 6 nitrogen and oxygen atoms in total. The fourth-order valence-electron chi connectivity index (χ4n) is 5.27. The molecule has 3 aliphatic heterocycles. The Bertz CT molecular complexity index is 712. The Kier molecular flexibility index (Phi) is 10.4. The van der Waals surface area contributed by atoms with Crippen molar-refractivity contribution in [3.05, 3.63) is 34.9 Å². The molecule has 0 saturated carbocycles. The minimum Gasteiger partial charge on any atom is -0.381 e. The number of piperidine rings is 1. The summed E-state index contributed by atoms with van der Waals surface area (Å²) in [6.45, 7) is 8.34. The smallest absolute Gasteiger partial charge is 0.191 e. The number of nitrogens with zero attached hydrogens (tertiary/aromatic N) is 3. The molecule has 0 spiro atoms. The van der Waals surface area contributed by atoms with Crippen molar-refractivity contribution in [2.75, 3.05) is 53.0 Å². The summed E-state index contributed by atoms with van der Waals surface area (Å²) in [7, 11) is 1.89. The van der Waals surface area contributed by atoms with E-state index in [1.807, 2.05) is 19.2 Å². The van der Waals surface area contributed by atoms with E-state index in [9.17, 15) is 0 Å². The van der Waals surface area contributed by atoms with Gasteiger partial charge >= 0.3 is 0 Å². The van der Waals surface area contributed by atoms with E-state index >= 15 is 0 Å². The van der Waals surface area contributed by atoms with Crippen LogP contribution in [-0.4, -0.2) is 80.3 Å². The van der Waals surface area contributed by atoms with E-state index in [-0.39, 0.29) is 29.5 Å². The van der Waals surface area contributed by atoms with Crippen LogP contribution in [0.15, 0.2) is 29.3 Å². The van der Waals surface area contributed by atoms with Gasteiger partial charge in [0.1, 0.15) is 0 Å². The summed E-state index contributed by atoms with van der Waals surface area (Å²) in [5.41, 5.74) is 1.55. The molecule has 1 aromatic carbocycles. The zero-order chi connectivity index (χ0) is 21.5. The molecule has 0 aliphatic carbocycles. The van der Waals surface area contributed by atoms with Gasteiger partial charge in [-0.1, -0.05) is 23.7 Å². The lowest BCUT2D eigenvalue weighted by Crippen LogP contribution is -2.59. The maximum atomic E-state index is 6.01. The quantitative estimate of drug-likeness (QED) is 0.308. The van der Waals surface area contributed by atoms with Crippen molar-refractivity contribution in [1.82, 2.24) is 20.4 Å². The number of rotatable bonds is 6. The first-order chi connectivity index (χ1) is 15.2. The lowest BCUT2D eigenvalue weighted by Gasteiger charge is -2.45. The second-order valence-corrected chi connectivity index (χ2v) is 9.71. The van der Waals surface area contributed by atoms with Gasteiger partial charge in [0.05, 0.1) is 0 Å². The minimum atomic E-state index is 0. The Morgan fingerprint density at radius 3 is 2.38 bits per heavy atom. The fraction of sp³-hybridized carbons (Fsp3) is 0.708. The van der Waals surface area contributed by atoms with Crippen LogP contribution in [0, 0.1) is 0 Å². The normalized spacial score (nSPS) is 23.0. The van der Waals surface area contributed by atoms with E-state index in [1.165, 1.54) is 31.5 Å². The van der Waals surface area contributed by atoms with Gasteiger partial charge in [-0.05, 0) is 69.3 Å². The van der Waals surface area contributed by atoms with Crippen molar-refractivity contribution in [2.24, 2.45) is 4.99 Å². The third kappa shape index (κ3) is 6.95. The molecule has 0 unspecified atom stereocenters. The number of hydrogen-bond acceptors (Lipinski definition) is 4. The maximum Gasteiger partial charge on any atom is 0.191 e. The highest BCUT2D eigenvalue weighted by molar-refractivity contribution is 14.0. The monoisotopic (exact) mass is 575 g/mol. The summed E-state index contributed by atoms with van der Waals surface area (Å²) < 4.78 is 5.69. The average molecular weight is 576 g/mol. The molecule has 3 saturated heterocycles. The van der Waals surface area contributed by atoms with Crippen molar-refractivity contribution in [3.63, 3.8) is 0 Å². The average Bonchev–Trinajstić information content (AvgIpc) is 3.36. The summed E-state index contributed by atoms with van der Waals surface area (Å²) in [6.07, 6.45) is 7.15. The van der Waals surface area contributed by atoms with Gasteiger partial charge in [0.15, 0.2) is 5.96 Å². The first-order valence-corrected chi connectivity index (χ1v) is 12.3. The second kappa shape index (κ2) is 12.7. The summed E-state index contributed by atoms with van der Waals surface area (Å²) in [4.78, 5) is 9.77. The molecule has 0 radical (unpaired) electrons. The first-order valence-electron chi connectivity index (χ1n) is 11.9. The number of ether oxygens (including phenoxy) is 1. The molecular formula is C24H39ClIN5O. The molecule has 32 heavy (non-hydrogen) atoms. The van der Waals surface area contributed by atoms with Crippen molar-refractivity contribution < 1.29 is 4.74 Å². The van der Waals surface area contributed by atoms with Crippen LogP contribution in [-0.2, 0) is 11.3 Å². The van der Waals surface area contributed by atoms with Gasteiger partial charge in [0, 0.05) is 63.0 Å². The van der Waals surface area contributed by atoms with Crippen LogP contribution in [0.3, 0.4) is 0 Å². The van der Waals surface area contributed by atoms with Gasteiger partial charge in [0.25, 0.3) is 0 Å². The molecule has 4 rings (SSSR count). The lowest BCUT2D eigenvalue weighted by atomic mass is 9.88. The van der Waals surface area contributed by atoms with Crippen LogP contribution in [0.4, 0.5) is 0 Å². The second-order valence-electron chi connectivity index (χ2n) is 9.28. The van der Waals surface area contributed by atoms with Gasteiger partial charge < -0.3 is 15.4 Å². The summed E-state index contributed by atoms with van der Waals surface area (Å²) in [6, 6.07) is 8.70. The Balaban J connectivity index is 0.00000289. The summed E-state index contributed by atoms with van der Waals surface area (Å²) >= 11 is 6.01. The number of aliphatic imine (C=N–C) groups is 1. The van der Waals surface area contributed by atoms with E-state index in [2.05, 4.69) is 37.6 Å². The molecule has 0 atom stereocenters. The van der Waals surface area contributed by atoms with Crippen LogP contribution in [0.1, 0.15) is 44.1 Å². The Hall–Kier alpha value is -0.610. The van der Waals surface area contributed by atoms with Gasteiger partial charge in [-0.25, -0.2) is 0 Å². The molecule has 0 bridgehead atoms. The molecule has 3 fully saturated rings. The zero-order valence-electron chi connectivity index (χ0n) is 19.3. The van der Waals surface area contributed by atoms with E-state index in [1.54, 1.807) is 0 Å². The number of nitrogens with one attached hydrogen (secondary N) is 2. The predicted molar refractivity (Wildman–Crippen MR) is 143 cm³/mol. The number of benzene rings is 1. The maximum absolute atomic E-state index is 6.01. The number of guanidine groups is 1. The van der Waals surface area contributed by atoms with Crippen LogP contribution in [0.2, 0.25) is 5.02 Å². The first kappa shape index (κ1) is 26.0. The third-order valence-electron chi connectivity index (χ3n) is 7.26. The zero-order valence-corrected chi connectivity index (χ0v) is 22.4. The van der Waals surface area contributed by atoms with Crippen LogP contribution in [0.5, 0.6) is 0 Å². The molecule has 8 heteroatoms.